The Bertz CT molecular complexity index is 304. The molecule has 2 rings (SSSR count). The van der Waals surface area contributed by atoms with Crippen LogP contribution in [0.3, 0.4) is 0 Å². The molecule has 0 aromatic rings. The Kier molecular flexibility index (Phi) is 11.5. The maximum Gasteiger partial charge on any atom is 0.220 e. The van der Waals surface area contributed by atoms with E-state index in [9.17, 15) is 4.79 Å². The molecule has 0 spiro atoms. The number of nitrogens with one attached hydrogen (secondary N) is 2. The molecule has 132 valence electrons. The zero-order valence-corrected chi connectivity index (χ0v) is 15.6. The van der Waals surface area contributed by atoms with Crippen molar-refractivity contribution < 1.29 is 4.79 Å². The van der Waals surface area contributed by atoms with Crippen LogP contribution in [0.4, 0.5) is 0 Å². The van der Waals surface area contributed by atoms with Gasteiger partial charge in [0.15, 0.2) is 0 Å². The van der Waals surface area contributed by atoms with E-state index in [2.05, 4.69) is 29.4 Å². The summed E-state index contributed by atoms with van der Waals surface area (Å²) in [6.07, 6.45) is 5.45. The molecule has 6 heteroatoms. The van der Waals surface area contributed by atoms with Crippen LogP contribution >= 0.6 is 24.8 Å². The average molecular weight is 354 g/mol. The van der Waals surface area contributed by atoms with Gasteiger partial charge in [0, 0.05) is 25.6 Å². The highest BCUT2D eigenvalue weighted by Crippen LogP contribution is 2.22. The number of likely N-dealkylation sites (tertiary alicyclic amines) is 1. The maximum absolute atomic E-state index is 12.2. The second kappa shape index (κ2) is 11.5. The largest absolute Gasteiger partial charge is 0.353 e. The lowest BCUT2D eigenvalue weighted by molar-refractivity contribution is -0.123. The van der Waals surface area contributed by atoms with E-state index in [1.54, 1.807) is 0 Å². The zero-order chi connectivity index (χ0) is 14.4. The van der Waals surface area contributed by atoms with Crippen molar-refractivity contribution in [2.24, 2.45) is 11.8 Å². The molecule has 0 aromatic heterocycles. The summed E-state index contributed by atoms with van der Waals surface area (Å²) < 4.78 is 0. The first kappa shape index (κ1) is 22.0. The Morgan fingerprint density at radius 3 is 2.50 bits per heavy atom. The number of carbonyl (C=O) groups excluding carboxylic acids is 1. The first-order valence-corrected chi connectivity index (χ1v) is 8.41. The van der Waals surface area contributed by atoms with E-state index >= 15 is 0 Å². The summed E-state index contributed by atoms with van der Waals surface area (Å²) in [4.78, 5) is 14.6. The van der Waals surface area contributed by atoms with Crippen LogP contribution in [-0.4, -0.2) is 49.6 Å². The van der Waals surface area contributed by atoms with E-state index < -0.39 is 0 Å². The SMILES string of the molecule is CCN1CCC(NC(=O)CC(C)C2CCCNC2)CC1.Cl.Cl. The summed E-state index contributed by atoms with van der Waals surface area (Å²) in [6, 6.07) is 0.405. The van der Waals surface area contributed by atoms with E-state index in [4.69, 9.17) is 0 Å². The van der Waals surface area contributed by atoms with Gasteiger partial charge >= 0.3 is 0 Å². The Labute approximate surface area is 148 Å². The number of amides is 1. The highest BCUT2D eigenvalue weighted by atomic mass is 35.5. The number of piperidine rings is 2. The first-order valence-electron chi connectivity index (χ1n) is 8.41. The van der Waals surface area contributed by atoms with Crippen LogP contribution in [0.5, 0.6) is 0 Å². The number of hydrogen-bond donors (Lipinski definition) is 2. The van der Waals surface area contributed by atoms with Crippen LogP contribution in [0, 0.1) is 11.8 Å². The van der Waals surface area contributed by atoms with Crippen LogP contribution < -0.4 is 10.6 Å². The van der Waals surface area contributed by atoms with E-state index in [1.807, 2.05) is 0 Å². The molecular weight excluding hydrogens is 321 g/mol. The number of halogens is 2. The number of hydrogen-bond acceptors (Lipinski definition) is 3. The Hall–Kier alpha value is -0.0300. The van der Waals surface area contributed by atoms with Crippen LogP contribution in [0.1, 0.15) is 46.0 Å². The molecule has 0 radical (unpaired) electrons. The predicted molar refractivity (Wildman–Crippen MR) is 97.1 cm³/mol. The molecule has 0 saturated carbocycles. The number of nitrogens with zero attached hydrogens (tertiary/aromatic N) is 1. The second-order valence-corrected chi connectivity index (χ2v) is 6.56. The van der Waals surface area contributed by atoms with Crippen molar-refractivity contribution in [3.05, 3.63) is 0 Å². The lowest BCUT2D eigenvalue weighted by Crippen LogP contribution is -2.45. The van der Waals surface area contributed by atoms with Gasteiger partial charge in [0.25, 0.3) is 0 Å². The molecule has 0 aliphatic carbocycles. The van der Waals surface area contributed by atoms with Gasteiger partial charge in [0.2, 0.25) is 5.91 Å². The molecule has 0 aromatic carbocycles. The summed E-state index contributed by atoms with van der Waals surface area (Å²) >= 11 is 0. The van der Waals surface area contributed by atoms with Gasteiger partial charge in [-0.05, 0) is 57.2 Å². The van der Waals surface area contributed by atoms with Crippen molar-refractivity contribution >= 4 is 30.7 Å². The summed E-state index contributed by atoms with van der Waals surface area (Å²) in [5.74, 6) is 1.44. The molecule has 1 amide bonds. The van der Waals surface area contributed by atoms with Gasteiger partial charge in [-0.2, -0.15) is 0 Å². The molecule has 2 aliphatic heterocycles. The summed E-state index contributed by atoms with van der Waals surface area (Å²) in [7, 11) is 0. The molecule has 2 atom stereocenters. The molecule has 2 heterocycles. The molecule has 2 N–H and O–H groups in total. The van der Waals surface area contributed by atoms with Crippen molar-refractivity contribution in [3.8, 4) is 0 Å². The summed E-state index contributed by atoms with van der Waals surface area (Å²) in [5.41, 5.74) is 0. The van der Waals surface area contributed by atoms with E-state index in [1.165, 1.54) is 12.8 Å². The maximum atomic E-state index is 12.2. The van der Waals surface area contributed by atoms with E-state index in [0.717, 1.165) is 45.6 Å². The van der Waals surface area contributed by atoms with Crippen LogP contribution in [0.2, 0.25) is 0 Å². The van der Waals surface area contributed by atoms with E-state index in [-0.39, 0.29) is 30.7 Å². The van der Waals surface area contributed by atoms with Crippen LogP contribution in [0.15, 0.2) is 0 Å². The molecule has 4 nitrogen and oxygen atoms in total. The number of rotatable bonds is 5. The first-order chi connectivity index (χ1) is 9.69. The summed E-state index contributed by atoms with van der Waals surface area (Å²) in [5, 5.41) is 6.69. The minimum atomic E-state index is 0. The monoisotopic (exact) mass is 353 g/mol. The fourth-order valence-corrected chi connectivity index (χ4v) is 3.50. The molecule has 0 bridgehead atoms. The fourth-order valence-electron chi connectivity index (χ4n) is 3.50. The van der Waals surface area contributed by atoms with E-state index in [0.29, 0.717) is 24.3 Å². The average Bonchev–Trinajstić information content (AvgIpc) is 2.49. The molecule has 2 aliphatic rings. The lowest BCUT2D eigenvalue weighted by atomic mass is 9.85. The molecule has 2 fully saturated rings. The van der Waals surface area contributed by atoms with Crippen LogP contribution in [0.25, 0.3) is 0 Å². The van der Waals surface area contributed by atoms with Crippen molar-refractivity contribution in [1.29, 1.82) is 0 Å². The highest BCUT2D eigenvalue weighted by molar-refractivity contribution is 5.85. The fraction of sp³-hybridized carbons (Fsp3) is 0.938. The third-order valence-corrected chi connectivity index (χ3v) is 5.05. The Morgan fingerprint density at radius 2 is 1.95 bits per heavy atom. The lowest BCUT2D eigenvalue weighted by Gasteiger charge is -2.32. The van der Waals surface area contributed by atoms with Gasteiger partial charge in [-0.1, -0.05) is 13.8 Å². The zero-order valence-electron chi connectivity index (χ0n) is 14.0. The van der Waals surface area contributed by atoms with Gasteiger partial charge in [-0.3, -0.25) is 4.79 Å². The van der Waals surface area contributed by atoms with Gasteiger partial charge in [-0.15, -0.1) is 24.8 Å². The van der Waals surface area contributed by atoms with Gasteiger partial charge in [0.1, 0.15) is 0 Å². The Balaban J connectivity index is 0.00000220. The highest BCUT2D eigenvalue weighted by Gasteiger charge is 2.24. The minimum Gasteiger partial charge on any atom is -0.353 e. The second-order valence-electron chi connectivity index (χ2n) is 6.56. The van der Waals surface area contributed by atoms with Gasteiger partial charge in [-0.25, -0.2) is 0 Å². The normalized spacial score (nSPS) is 24.7. The molecule has 22 heavy (non-hydrogen) atoms. The predicted octanol–water partition coefficient (Wildman–Crippen LogP) is 2.46. The quantitative estimate of drug-likeness (QED) is 0.797. The molecular formula is C16H33Cl2N3O. The van der Waals surface area contributed by atoms with Crippen molar-refractivity contribution in [1.82, 2.24) is 15.5 Å². The summed E-state index contributed by atoms with van der Waals surface area (Å²) in [6.45, 7) is 10.1. The standard InChI is InChI=1S/C16H31N3O.2ClH/c1-3-19-9-6-15(7-10-19)18-16(20)11-13(2)14-5-4-8-17-12-14;;/h13-15,17H,3-12H2,1-2H3,(H,18,20);2*1H. The third kappa shape index (κ3) is 7.03. The van der Waals surface area contributed by atoms with Crippen molar-refractivity contribution in [2.75, 3.05) is 32.7 Å². The smallest absolute Gasteiger partial charge is 0.220 e. The topological polar surface area (TPSA) is 44.4 Å². The van der Waals surface area contributed by atoms with Gasteiger partial charge < -0.3 is 15.5 Å². The number of carbonyl (C=O) groups is 1. The van der Waals surface area contributed by atoms with Crippen molar-refractivity contribution in [2.45, 2.75) is 52.0 Å². The molecule has 2 unspecified atom stereocenters. The van der Waals surface area contributed by atoms with Crippen molar-refractivity contribution in [3.63, 3.8) is 0 Å². The minimum absolute atomic E-state index is 0. The van der Waals surface area contributed by atoms with Crippen LogP contribution in [-0.2, 0) is 4.79 Å². The molecule has 2 saturated heterocycles. The van der Waals surface area contributed by atoms with Gasteiger partial charge in [0.05, 0.1) is 0 Å². The Morgan fingerprint density at radius 1 is 1.27 bits per heavy atom. The third-order valence-electron chi connectivity index (χ3n) is 5.05.